The van der Waals surface area contributed by atoms with E-state index in [-0.39, 0.29) is 5.41 Å². The summed E-state index contributed by atoms with van der Waals surface area (Å²) in [6, 6.07) is 26.9. The Balaban J connectivity index is 1.54. The highest BCUT2D eigenvalue weighted by atomic mass is 16.5. The van der Waals surface area contributed by atoms with Gasteiger partial charge in [0.1, 0.15) is 11.5 Å². The molecule has 1 aromatic heterocycles. The molecule has 0 saturated carbocycles. The largest absolute Gasteiger partial charge is 0.457 e. The quantitative estimate of drug-likeness (QED) is 0.413. The lowest BCUT2D eigenvalue weighted by atomic mass is 9.78. The van der Waals surface area contributed by atoms with Crippen LogP contribution in [-0.4, -0.2) is 9.78 Å². The van der Waals surface area contributed by atoms with Gasteiger partial charge in [-0.05, 0) is 48.4 Å². The van der Waals surface area contributed by atoms with Gasteiger partial charge in [0.2, 0.25) is 0 Å². The van der Waals surface area contributed by atoms with Gasteiger partial charge < -0.3 is 4.74 Å². The first-order valence-corrected chi connectivity index (χ1v) is 9.48. The van der Waals surface area contributed by atoms with E-state index in [1.54, 1.807) is 6.20 Å². The molecule has 1 heterocycles. The number of aromatic nitrogens is 2. The Hall–Kier alpha value is -3.33. The Bertz CT molecular complexity index is 1050. The maximum atomic E-state index is 6.07. The van der Waals surface area contributed by atoms with Crippen LogP contribution in [0.3, 0.4) is 0 Å². The highest BCUT2D eigenvalue weighted by Gasteiger charge is 2.22. The van der Waals surface area contributed by atoms with Crippen LogP contribution in [0.25, 0.3) is 5.69 Å². The van der Waals surface area contributed by atoms with Crippen molar-refractivity contribution in [1.29, 1.82) is 0 Å². The molecular formula is C25H24N2O. The fourth-order valence-corrected chi connectivity index (χ4v) is 3.32. The second kappa shape index (κ2) is 7.35. The molecule has 0 aliphatic heterocycles. The topological polar surface area (TPSA) is 27.1 Å². The molecule has 0 unspecified atom stereocenters. The molecule has 4 aromatic rings. The molecule has 0 aliphatic carbocycles. The average Bonchev–Trinajstić information content (AvgIpc) is 3.24. The molecule has 0 bridgehead atoms. The van der Waals surface area contributed by atoms with Crippen molar-refractivity contribution in [2.75, 3.05) is 0 Å². The fraction of sp³-hybridized carbons (Fsp3) is 0.160. The van der Waals surface area contributed by atoms with Gasteiger partial charge in [-0.25, -0.2) is 4.68 Å². The lowest BCUT2D eigenvalue weighted by molar-refractivity contribution is 0.481. The third-order valence-corrected chi connectivity index (χ3v) is 5.17. The highest BCUT2D eigenvalue weighted by Crippen LogP contribution is 2.33. The molecule has 0 N–H and O–H groups in total. The highest BCUT2D eigenvalue weighted by molar-refractivity contribution is 5.43. The van der Waals surface area contributed by atoms with Gasteiger partial charge in [0.15, 0.2) is 0 Å². The third-order valence-electron chi connectivity index (χ3n) is 5.17. The van der Waals surface area contributed by atoms with Crippen molar-refractivity contribution >= 4 is 0 Å². The Kier molecular flexibility index (Phi) is 4.74. The van der Waals surface area contributed by atoms with E-state index in [0.717, 1.165) is 17.2 Å². The van der Waals surface area contributed by atoms with Crippen molar-refractivity contribution in [2.24, 2.45) is 0 Å². The minimum atomic E-state index is -0.0633. The molecule has 28 heavy (non-hydrogen) atoms. The van der Waals surface area contributed by atoms with Crippen molar-refractivity contribution in [3.05, 3.63) is 108 Å². The number of aryl methyl sites for hydroxylation is 1. The number of nitrogens with zero attached hydrogens (tertiary/aromatic N) is 2. The van der Waals surface area contributed by atoms with Gasteiger partial charge >= 0.3 is 0 Å². The summed E-state index contributed by atoms with van der Waals surface area (Å²) in [6.07, 6.45) is 3.68. The lowest BCUT2D eigenvalue weighted by Crippen LogP contribution is -2.18. The lowest BCUT2D eigenvalue weighted by Gasteiger charge is -2.26. The third kappa shape index (κ3) is 3.70. The SMILES string of the molecule is Cc1ccc(C(C)(C)c2ccc(Oc3cccc(-n4cccn4)c3)cc2)cc1. The smallest absolute Gasteiger partial charge is 0.129 e. The number of ether oxygens (including phenoxy) is 1. The van der Waals surface area contributed by atoms with E-state index < -0.39 is 0 Å². The molecule has 3 aromatic carbocycles. The maximum absolute atomic E-state index is 6.07. The van der Waals surface area contributed by atoms with Crippen LogP contribution in [0.2, 0.25) is 0 Å². The summed E-state index contributed by atoms with van der Waals surface area (Å²) in [6.45, 7) is 6.62. The molecule has 0 atom stereocenters. The van der Waals surface area contributed by atoms with Crippen LogP contribution in [0, 0.1) is 6.92 Å². The fourth-order valence-electron chi connectivity index (χ4n) is 3.32. The molecule has 0 fully saturated rings. The molecule has 0 aliphatic rings. The van der Waals surface area contributed by atoms with Crippen LogP contribution < -0.4 is 4.74 Å². The zero-order valence-corrected chi connectivity index (χ0v) is 16.5. The first kappa shape index (κ1) is 18.1. The number of hydrogen-bond acceptors (Lipinski definition) is 2. The summed E-state index contributed by atoms with van der Waals surface area (Å²) in [7, 11) is 0. The van der Waals surface area contributed by atoms with Crippen LogP contribution in [-0.2, 0) is 5.41 Å². The van der Waals surface area contributed by atoms with Gasteiger partial charge in [0.25, 0.3) is 0 Å². The van der Waals surface area contributed by atoms with E-state index in [2.05, 4.69) is 62.3 Å². The van der Waals surface area contributed by atoms with Crippen molar-refractivity contribution in [3.63, 3.8) is 0 Å². The summed E-state index contributed by atoms with van der Waals surface area (Å²) >= 11 is 0. The summed E-state index contributed by atoms with van der Waals surface area (Å²) in [5.74, 6) is 1.61. The minimum Gasteiger partial charge on any atom is -0.457 e. The second-order valence-corrected chi connectivity index (χ2v) is 7.57. The van der Waals surface area contributed by atoms with Gasteiger partial charge in [-0.1, -0.05) is 61.9 Å². The molecule has 4 rings (SSSR count). The number of hydrogen-bond donors (Lipinski definition) is 0. The zero-order valence-electron chi connectivity index (χ0n) is 16.5. The van der Waals surface area contributed by atoms with Crippen molar-refractivity contribution in [3.8, 4) is 17.2 Å². The maximum Gasteiger partial charge on any atom is 0.129 e. The standard InChI is InChI=1S/C25H24N2O/c1-19-8-10-20(11-9-19)25(2,3)21-12-14-23(15-13-21)28-24-7-4-6-22(18-24)27-17-5-16-26-27/h4-18H,1-3H3. The van der Waals surface area contributed by atoms with E-state index in [1.807, 2.05) is 53.3 Å². The first-order chi connectivity index (χ1) is 13.5. The van der Waals surface area contributed by atoms with Crippen LogP contribution in [0.4, 0.5) is 0 Å². The van der Waals surface area contributed by atoms with Gasteiger partial charge in [-0.3, -0.25) is 0 Å². The molecule has 3 nitrogen and oxygen atoms in total. The molecular weight excluding hydrogens is 344 g/mol. The van der Waals surface area contributed by atoms with Gasteiger partial charge in [-0.15, -0.1) is 0 Å². The normalized spacial score (nSPS) is 11.4. The predicted octanol–water partition coefficient (Wildman–Crippen LogP) is 6.30. The van der Waals surface area contributed by atoms with Crippen LogP contribution in [0.5, 0.6) is 11.5 Å². The molecule has 0 saturated heterocycles. The molecule has 0 spiro atoms. The van der Waals surface area contributed by atoms with E-state index in [4.69, 9.17) is 4.74 Å². The van der Waals surface area contributed by atoms with Crippen LogP contribution in [0.1, 0.15) is 30.5 Å². The first-order valence-electron chi connectivity index (χ1n) is 9.48. The summed E-state index contributed by atoms with van der Waals surface area (Å²) in [5, 5.41) is 4.27. The Morgan fingerprint density at radius 2 is 1.46 bits per heavy atom. The van der Waals surface area contributed by atoms with E-state index in [9.17, 15) is 0 Å². The van der Waals surface area contributed by atoms with Gasteiger partial charge in [0, 0.05) is 23.9 Å². The molecule has 3 heteroatoms. The van der Waals surface area contributed by atoms with Crippen LogP contribution in [0.15, 0.2) is 91.3 Å². The monoisotopic (exact) mass is 368 g/mol. The second-order valence-electron chi connectivity index (χ2n) is 7.57. The summed E-state index contributed by atoms with van der Waals surface area (Å²) in [4.78, 5) is 0. The van der Waals surface area contributed by atoms with Crippen LogP contribution >= 0.6 is 0 Å². The molecule has 140 valence electrons. The van der Waals surface area contributed by atoms with Gasteiger partial charge in [-0.2, -0.15) is 5.10 Å². The summed E-state index contributed by atoms with van der Waals surface area (Å²) < 4.78 is 7.88. The van der Waals surface area contributed by atoms with Crippen molar-refractivity contribution < 1.29 is 4.74 Å². The number of benzene rings is 3. The van der Waals surface area contributed by atoms with Crippen molar-refractivity contribution in [2.45, 2.75) is 26.2 Å². The predicted molar refractivity (Wildman–Crippen MR) is 113 cm³/mol. The molecule has 0 amide bonds. The minimum absolute atomic E-state index is 0.0633. The van der Waals surface area contributed by atoms with E-state index in [0.29, 0.717) is 0 Å². The van der Waals surface area contributed by atoms with Crippen molar-refractivity contribution in [1.82, 2.24) is 9.78 Å². The summed E-state index contributed by atoms with van der Waals surface area (Å²) in [5.41, 5.74) is 4.75. The zero-order chi connectivity index (χ0) is 19.6. The Morgan fingerprint density at radius 1 is 0.786 bits per heavy atom. The number of rotatable bonds is 5. The van der Waals surface area contributed by atoms with Gasteiger partial charge in [0.05, 0.1) is 5.69 Å². The van der Waals surface area contributed by atoms with E-state index >= 15 is 0 Å². The Labute approximate surface area is 166 Å². The van der Waals surface area contributed by atoms with E-state index in [1.165, 1.54) is 16.7 Å². The molecule has 0 radical (unpaired) electrons. The average molecular weight is 368 g/mol. The Morgan fingerprint density at radius 3 is 2.11 bits per heavy atom.